The monoisotopic (exact) mass is 233 g/mol. The normalized spacial score (nSPS) is 6.67. The molecule has 0 aliphatic carbocycles. The molecule has 0 amide bonds. The molecule has 0 rings (SSSR count). The molecule has 0 aromatic rings. The van der Waals surface area contributed by atoms with Gasteiger partial charge in [-0.1, -0.05) is 37.6 Å². The van der Waals surface area contributed by atoms with Crippen LogP contribution in [0.25, 0.3) is 0 Å². The van der Waals surface area contributed by atoms with E-state index < -0.39 is 0 Å². The van der Waals surface area contributed by atoms with E-state index in [-0.39, 0.29) is 20.7 Å². The quantitative estimate of drug-likeness (QED) is 0.438. The van der Waals surface area contributed by atoms with Gasteiger partial charge in [-0.2, -0.15) is 0 Å². The van der Waals surface area contributed by atoms with Gasteiger partial charge in [-0.25, -0.2) is 0 Å². The van der Waals surface area contributed by atoms with Crippen LogP contribution in [0.2, 0.25) is 0 Å². The number of allylic oxidation sites excluding steroid dienone is 1. The fourth-order valence-corrected chi connectivity index (χ4v) is 0.576. The van der Waals surface area contributed by atoms with E-state index in [0.29, 0.717) is 5.70 Å². The Hall–Kier alpha value is -0.560. The summed E-state index contributed by atoms with van der Waals surface area (Å²) in [7, 11) is 0. The van der Waals surface area contributed by atoms with Crippen molar-refractivity contribution >= 4 is 25.2 Å². The Bertz CT molecular complexity index is 203. The van der Waals surface area contributed by atoms with Gasteiger partial charge in [-0.05, 0) is 11.8 Å². The lowest BCUT2D eigenvalue weighted by molar-refractivity contribution is 1.45. The van der Waals surface area contributed by atoms with Crippen molar-refractivity contribution in [2.75, 3.05) is 0 Å². The smallest absolute Gasteiger partial charge is 0.0825 e. The molecule has 0 radical (unpaired) electrons. The average molecular weight is 233 g/mol. The molecular formula is C7H8IN. The van der Waals surface area contributed by atoms with Crippen LogP contribution < -0.4 is 5.73 Å². The van der Waals surface area contributed by atoms with Crippen LogP contribution >= 0.6 is 20.7 Å². The Labute approximate surface area is 65.0 Å². The second kappa shape index (κ2) is 5.57. The fourth-order valence-electron chi connectivity index (χ4n) is 0.200. The van der Waals surface area contributed by atoms with Crippen molar-refractivity contribution in [3.8, 4) is 0 Å². The second-order valence-electron chi connectivity index (χ2n) is 1.19. The zero-order valence-corrected chi connectivity index (χ0v) is 7.18. The summed E-state index contributed by atoms with van der Waals surface area (Å²) >= 11 is -0.0816. The highest BCUT2D eigenvalue weighted by molar-refractivity contribution is 14.2. The van der Waals surface area contributed by atoms with Crippen LogP contribution in [0.1, 0.15) is 0 Å². The molecule has 9 heavy (non-hydrogen) atoms. The number of hydrogen-bond donors (Lipinski definition) is 1. The maximum atomic E-state index is 5.31. The highest BCUT2D eigenvalue weighted by Gasteiger charge is 1.67. The minimum Gasteiger partial charge on any atom is -0.392 e. The first kappa shape index (κ1) is 8.44. The van der Waals surface area contributed by atoms with Crippen LogP contribution in [0, 0.1) is 0 Å². The van der Waals surface area contributed by atoms with Crippen molar-refractivity contribution < 1.29 is 0 Å². The molecule has 0 saturated carbocycles. The van der Waals surface area contributed by atoms with Gasteiger partial charge in [0.1, 0.15) is 0 Å². The van der Waals surface area contributed by atoms with Gasteiger partial charge in [0.15, 0.2) is 0 Å². The van der Waals surface area contributed by atoms with Gasteiger partial charge in [0, 0.05) is 4.08 Å². The molecule has 0 aliphatic rings. The molecular weight excluding hydrogens is 225 g/mol. The number of nitrogens with two attached hydrogens (primary N) is 1. The number of hydrogen-bond acceptors (Lipinski definition) is 1. The summed E-state index contributed by atoms with van der Waals surface area (Å²) in [6.07, 6.45) is 1.53. The summed E-state index contributed by atoms with van der Waals surface area (Å²) in [5.41, 5.74) is 11.3. The van der Waals surface area contributed by atoms with E-state index >= 15 is 0 Å². The first-order valence-electron chi connectivity index (χ1n) is 2.26. The van der Waals surface area contributed by atoms with Crippen molar-refractivity contribution in [2.45, 2.75) is 0 Å². The molecule has 0 aromatic carbocycles. The Morgan fingerprint density at radius 2 is 2.33 bits per heavy atom. The molecule has 2 N–H and O–H groups in total. The summed E-state index contributed by atoms with van der Waals surface area (Å²) in [5.74, 6) is 0. The van der Waals surface area contributed by atoms with Crippen molar-refractivity contribution in [1.29, 1.82) is 0 Å². The van der Waals surface area contributed by atoms with Crippen LogP contribution in [0.5, 0.6) is 0 Å². The zero-order chi connectivity index (χ0) is 7.11. The van der Waals surface area contributed by atoms with E-state index in [4.69, 9.17) is 5.73 Å². The van der Waals surface area contributed by atoms with Gasteiger partial charge in [0.05, 0.1) is 5.70 Å². The lowest BCUT2D eigenvalue weighted by Crippen LogP contribution is -1.87. The van der Waals surface area contributed by atoms with Crippen LogP contribution in [-0.4, -0.2) is 4.51 Å². The predicted octanol–water partition coefficient (Wildman–Crippen LogP) is 1.69. The van der Waals surface area contributed by atoms with Crippen LogP contribution in [0.4, 0.5) is 0 Å². The summed E-state index contributed by atoms with van der Waals surface area (Å²) in [4.78, 5) is 0. The lowest BCUT2D eigenvalue weighted by atomic mass is 10.5. The summed E-state index contributed by atoms with van der Waals surface area (Å²) in [6.45, 7) is 3.45. The molecule has 0 fully saturated rings. The highest BCUT2D eigenvalue weighted by Crippen LogP contribution is 1.88. The summed E-state index contributed by atoms with van der Waals surface area (Å²) in [5, 5.41) is 0. The van der Waals surface area contributed by atoms with Crippen LogP contribution in [-0.2, 0) is 0 Å². The number of rotatable bonds is 2. The maximum absolute atomic E-state index is 5.31. The van der Waals surface area contributed by atoms with Crippen molar-refractivity contribution in [3.05, 3.63) is 33.9 Å². The standard InChI is InChI=1S/C7H8IN/c1-3-7(9)5-4-6-8-2/h3,6H,1-2,9H2. The Morgan fingerprint density at radius 1 is 1.67 bits per heavy atom. The van der Waals surface area contributed by atoms with Gasteiger partial charge in [-0.15, -0.1) is 0 Å². The van der Waals surface area contributed by atoms with Crippen LogP contribution in [0.3, 0.4) is 0 Å². The fraction of sp³-hybridized carbons (Fsp3) is 0. The minimum absolute atomic E-state index is 0.0816. The van der Waals surface area contributed by atoms with E-state index in [0.717, 1.165) is 0 Å². The van der Waals surface area contributed by atoms with E-state index in [9.17, 15) is 0 Å². The van der Waals surface area contributed by atoms with E-state index in [1.54, 1.807) is 0 Å². The van der Waals surface area contributed by atoms with Gasteiger partial charge in [-0.3, -0.25) is 0 Å². The largest absolute Gasteiger partial charge is 0.392 e. The first-order chi connectivity index (χ1) is 4.31. The van der Waals surface area contributed by atoms with Gasteiger partial charge < -0.3 is 5.73 Å². The van der Waals surface area contributed by atoms with Gasteiger partial charge in [0.2, 0.25) is 0 Å². The second-order valence-corrected chi connectivity index (χ2v) is 2.70. The number of halogens is 1. The summed E-state index contributed by atoms with van der Waals surface area (Å²) < 4.78 is 5.54. The van der Waals surface area contributed by atoms with Crippen molar-refractivity contribution in [1.82, 2.24) is 0 Å². The molecule has 0 unspecified atom stereocenters. The SMILES string of the molecule is C=CC(N)=C=C=CI=C. The van der Waals surface area contributed by atoms with E-state index in [1.807, 2.05) is 4.08 Å². The molecule has 0 atom stereocenters. The first-order valence-corrected chi connectivity index (χ1v) is 5.03. The summed E-state index contributed by atoms with van der Waals surface area (Å²) in [6, 6.07) is 0. The molecule has 0 saturated heterocycles. The van der Waals surface area contributed by atoms with E-state index in [1.165, 1.54) is 6.08 Å². The third-order valence-corrected chi connectivity index (χ3v) is 1.32. The Kier molecular flexibility index (Phi) is 5.23. The minimum atomic E-state index is -0.0816. The molecule has 2 heteroatoms. The van der Waals surface area contributed by atoms with Crippen LogP contribution in [0.15, 0.2) is 33.9 Å². The van der Waals surface area contributed by atoms with Gasteiger partial charge >= 0.3 is 0 Å². The third-order valence-electron chi connectivity index (χ3n) is 0.568. The van der Waals surface area contributed by atoms with Gasteiger partial charge in [0.25, 0.3) is 0 Å². The van der Waals surface area contributed by atoms with Crippen molar-refractivity contribution in [3.63, 3.8) is 0 Å². The molecule has 0 heterocycles. The zero-order valence-electron chi connectivity index (χ0n) is 5.02. The third kappa shape index (κ3) is 5.31. The maximum Gasteiger partial charge on any atom is 0.0825 e. The predicted molar refractivity (Wildman–Crippen MR) is 50.6 cm³/mol. The molecule has 0 aliphatic heterocycles. The average Bonchev–Trinajstić information content (AvgIpc) is 1.89. The highest BCUT2D eigenvalue weighted by atomic mass is 127. The van der Waals surface area contributed by atoms with Crippen molar-refractivity contribution in [2.24, 2.45) is 5.73 Å². The molecule has 0 aromatic heterocycles. The topological polar surface area (TPSA) is 26.0 Å². The Balaban J connectivity index is 4.41. The van der Waals surface area contributed by atoms with E-state index in [2.05, 4.69) is 22.6 Å². The lowest BCUT2D eigenvalue weighted by Gasteiger charge is -1.75. The Morgan fingerprint density at radius 3 is 2.78 bits per heavy atom. The molecule has 0 bridgehead atoms. The molecule has 1 nitrogen and oxygen atoms in total. The molecule has 0 spiro atoms. The molecule has 48 valence electrons.